The van der Waals surface area contributed by atoms with Crippen LogP contribution >= 0.6 is 0 Å². The number of nitrogens with zero attached hydrogens (tertiary/aromatic N) is 2. The fourth-order valence-corrected chi connectivity index (χ4v) is 0.491. The molecule has 0 aromatic heterocycles. The van der Waals surface area contributed by atoms with Crippen LogP contribution in [0.1, 0.15) is 0 Å². The van der Waals surface area contributed by atoms with Crippen LogP contribution in [0.15, 0.2) is 4.99 Å². The number of aliphatic hydroxyl groups is 1. The standard InChI is InChI=1S/C6H10N4O2/c7-1-4(5(12)2-8)10-6(9)3-11/h4,11H,2-3,8H2,(H2,9,10). The third-order valence-electron chi connectivity index (χ3n) is 1.09. The Kier molecular flexibility index (Phi) is 4.60. The highest BCUT2D eigenvalue weighted by Gasteiger charge is 2.14. The van der Waals surface area contributed by atoms with E-state index in [1.54, 1.807) is 6.07 Å². The summed E-state index contributed by atoms with van der Waals surface area (Å²) in [6.45, 7) is -0.740. The monoisotopic (exact) mass is 170 g/mol. The van der Waals surface area contributed by atoms with E-state index in [0.29, 0.717) is 0 Å². The summed E-state index contributed by atoms with van der Waals surface area (Å²) in [5, 5.41) is 16.8. The molecule has 66 valence electrons. The number of hydrogen-bond acceptors (Lipinski definition) is 5. The number of rotatable bonds is 4. The van der Waals surface area contributed by atoms with Gasteiger partial charge in [0.15, 0.2) is 11.8 Å². The Bertz CT molecular complexity index is 230. The highest BCUT2D eigenvalue weighted by molar-refractivity contribution is 5.92. The first-order valence-corrected chi connectivity index (χ1v) is 3.21. The Hall–Kier alpha value is -1.45. The summed E-state index contributed by atoms with van der Waals surface area (Å²) < 4.78 is 0. The van der Waals surface area contributed by atoms with Crippen molar-refractivity contribution >= 4 is 11.6 Å². The summed E-state index contributed by atoms with van der Waals surface area (Å²) in [6, 6.07) is 0.417. The van der Waals surface area contributed by atoms with E-state index in [9.17, 15) is 4.79 Å². The minimum atomic E-state index is -1.19. The molecule has 0 aromatic rings. The number of aliphatic imine (C=N–C) groups is 1. The van der Waals surface area contributed by atoms with Gasteiger partial charge in [-0.3, -0.25) is 4.79 Å². The molecule has 0 heterocycles. The van der Waals surface area contributed by atoms with Gasteiger partial charge in [-0.15, -0.1) is 0 Å². The molecule has 6 nitrogen and oxygen atoms in total. The van der Waals surface area contributed by atoms with Crippen LogP contribution in [0.3, 0.4) is 0 Å². The highest BCUT2D eigenvalue weighted by atomic mass is 16.3. The molecule has 6 heteroatoms. The summed E-state index contributed by atoms with van der Waals surface area (Å²) in [6.07, 6.45) is 0. The number of ketones is 1. The molecule has 0 aliphatic rings. The van der Waals surface area contributed by atoms with Crippen molar-refractivity contribution in [1.82, 2.24) is 0 Å². The van der Waals surface area contributed by atoms with E-state index in [1.165, 1.54) is 0 Å². The summed E-state index contributed by atoms with van der Waals surface area (Å²) >= 11 is 0. The molecule has 12 heavy (non-hydrogen) atoms. The van der Waals surface area contributed by atoms with E-state index < -0.39 is 18.4 Å². The van der Waals surface area contributed by atoms with Crippen molar-refractivity contribution in [2.75, 3.05) is 13.2 Å². The van der Waals surface area contributed by atoms with Crippen molar-refractivity contribution < 1.29 is 9.90 Å². The Labute approximate surface area is 69.5 Å². The number of nitrogens with two attached hydrogens (primary N) is 2. The molecule has 0 saturated heterocycles. The fourth-order valence-electron chi connectivity index (χ4n) is 0.491. The van der Waals surface area contributed by atoms with Crippen LogP contribution in [0.5, 0.6) is 0 Å². The molecule has 0 amide bonds. The summed E-state index contributed by atoms with van der Waals surface area (Å²) in [5.41, 5.74) is 10.1. The van der Waals surface area contributed by atoms with Crippen molar-refractivity contribution in [2.45, 2.75) is 6.04 Å². The van der Waals surface area contributed by atoms with Crippen molar-refractivity contribution in [3.05, 3.63) is 0 Å². The first-order chi connectivity index (χ1) is 5.65. The van der Waals surface area contributed by atoms with E-state index in [4.69, 9.17) is 21.8 Å². The van der Waals surface area contributed by atoms with Crippen LogP contribution in [0.4, 0.5) is 0 Å². The number of nitriles is 1. The fraction of sp³-hybridized carbons (Fsp3) is 0.500. The summed E-state index contributed by atoms with van der Waals surface area (Å²) in [4.78, 5) is 14.2. The topological polar surface area (TPSA) is 125 Å². The maximum atomic E-state index is 10.8. The molecule has 0 fully saturated rings. The van der Waals surface area contributed by atoms with Crippen molar-refractivity contribution in [1.29, 1.82) is 5.26 Å². The Morgan fingerprint density at radius 3 is 2.67 bits per heavy atom. The summed E-state index contributed by atoms with van der Waals surface area (Å²) in [5.74, 6) is -0.669. The van der Waals surface area contributed by atoms with Gasteiger partial charge in [0.2, 0.25) is 0 Å². The largest absolute Gasteiger partial charge is 0.388 e. The number of Topliss-reactive ketones (excluding diaryl/α,β-unsaturated/α-hetero) is 1. The minimum Gasteiger partial charge on any atom is -0.388 e. The zero-order valence-electron chi connectivity index (χ0n) is 6.40. The molecule has 0 aliphatic heterocycles. The van der Waals surface area contributed by atoms with Gasteiger partial charge in [-0.05, 0) is 0 Å². The maximum Gasteiger partial charge on any atom is 0.197 e. The predicted octanol–water partition coefficient (Wildman–Crippen LogP) is -2.24. The molecule has 1 unspecified atom stereocenters. The minimum absolute atomic E-state index is 0.150. The van der Waals surface area contributed by atoms with Crippen LogP contribution in [0.25, 0.3) is 0 Å². The van der Waals surface area contributed by atoms with Gasteiger partial charge in [0.1, 0.15) is 12.4 Å². The second kappa shape index (κ2) is 5.23. The lowest BCUT2D eigenvalue weighted by Crippen LogP contribution is -2.29. The van der Waals surface area contributed by atoms with Gasteiger partial charge in [0.05, 0.1) is 12.6 Å². The van der Waals surface area contributed by atoms with Crippen LogP contribution in [0.2, 0.25) is 0 Å². The quantitative estimate of drug-likeness (QED) is 0.325. The zero-order valence-corrected chi connectivity index (χ0v) is 6.40. The van der Waals surface area contributed by atoms with Crippen LogP contribution in [-0.4, -0.2) is 35.9 Å². The van der Waals surface area contributed by atoms with Gasteiger partial charge >= 0.3 is 0 Å². The lowest BCUT2D eigenvalue weighted by atomic mass is 10.2. The van der Waals surface area contributed by atoms with E-state index in [0.717, 1.165) is 0 Å². The lowest BCUT2D eigenvalue weighted by molar-refractivity contribution is -0.117. The number of amidine groups is 1. The lowest BCUT2D eigenvalue weighted by Gasteiger charge is -2.00. The average Bonchev–Trinajstić information content (AvgIpc) is 2.12. The molecular formula is C6H10N4O2. The number of aliphatic hydroxyl groups excluding tert-OH is 1. The molecule has 5 N–H and O–H groups in total. The van der Waals surface area contributed by atoms with Crippen LogP contribution in [-0.2, 0) is 4.79 Å². The van der Waals surface area contributed by atoms with Gasteiger partial charge in [-0.1, -0.05) is 0 Å². The van der Waals surface area contributed by atoms with Gasteiger partial charge in [-0.25, -0.2) is 4.99 Å². The summed E-state index contributed by atoms with van der Waals surface area (Å²) in [7, 11) is 0. The van der Waals surface area contributed by atoms with Gasteiger partial charge in [-0.2, -0.15) is 5.26 Å². The maximum absolute atomic E-state index is 10.8. The predicted molar refractivity (Wildman–Crippen MR) is 42.2 cm³/mol. The molecule has 0 rings (SSSR count). The Balaban J connectivity index is 4.40. The van der Waals surface area contributed by atoms with Crippen molar-refractivity contribution in [2.24, 2.45) is 16.5 Å². The van der Waals surface area contributed by atoms with Crippen LogP contribution in [0, 0.1) is 11.3 Å². The van der Waals surface area contributed by atoms with E-state index in [1.807, 2.05) is 0 Å². The molecule has 0 spiro atoms. The SMILES string of the molecule is N#CC(N=C(N)CO)C(=O)CN. The average molecular weight is 170 g/mol. The van der Waals surface area contributed by atoms with Crippen molar-refractivity contribution in [3.63, 3.8) is 0 Å². The molecule has 0 aliphatic carbocycles. The van der Waals surface area contributed by atoms with E-state index >= 15 is 0 Å². The zero-order chi connectivity index (χ0) is 9.56. The third-order valence-corrected chi connectivity index (χ3v) is 1.09. The van der Waals surface area contributed by atoms with E-state index in [-0.39, 0.29) is 12.4 Å². The number of carbonyl (C=O) groups is 1. The molecule has 0 radical (unpaired) electrons. The number of hydrogen-bond donors (Lipinski definition) is 3. The van der Waals surface area contributed by atoms with Crippen molar-refractivity contribution in [3.8, 4) is 6.07 Å². The van der Waals surface area contributed by atoms with Gasteiger partial charge in [0, 0.05) is 0 Å². The first-order valence-electron chi connectivity index (χ1n) is 3.21. The molecular weight excluding hydrogens is 160 g/mol. The smallest absolute Gasteiger partial charge is 0.197 e. The third kappa shape index (κ3) is 3.09. The molecule has 0 aromatic carbocycles. The van der Waals surface area contributed by atoms with E-state index in [2.05, 4.69) is 4.99 Å². The first kappa shape index (κ1) is 10.6. The Morgan fingerprint density at radius 2 is 2.33 bits per heavy atom. The molecule has 1 atom stereocenters. The second-order valence-corrected chi connectivity index (χ2v) is 1.98. The van der Waals surface area contributed by atoms with Gasteiger partial charge < -0.3 is 16.6 Å². The molecule has 0 bridgehead atoms. The number of carbonyl (C=O) groups excluding carboxylic acids is 1. The van der Waals surface area contributed by atoms with Gasteiger partial charge in [0.25, 0.3) is 0 Å². The van der Waals surface area contributed by atoms with Crippen LogP contribution < -0.4 is 11.5 Å². The highest BCUT2D eigenvalue weighted by Crippen LogP contribution is 1.90. The Morgan fingerprint density at radius 1 is 1.75 bits per heavy atom. The second-order valence-electron chi connectivity index (χ2n) is 1.98. The normalized spacial score (nSPS) is 13.6. The molecule has 0 saturated carbocycles.